The van der Waals surface area contributed by atoms with Gasteiger partial charge in [-0.05, 0) is 43.5 Å². The molecule has 2 rings (SSSR count). The molecule has 0 radical (unpaired) electrons. The molecule has 1 heterocycles. The van der Waals surface area contributed by atoms with Crippen LogP contribution < -0.4 is 0 Å². The van der Waals surface area contributed by atoms with Gasteiger partial charge in [-0.25, -0.2) is 0 Å². The third-order valence-corrected chi connectivity index (χ3v) is 3.95. The van der Waals surface area contributed by atoms with Crippen LogP contribution in [-0.4, -0.2) is 30.7 Å². The van der Waals surface area contributed by atoms with Crippen LogP contribution in [0, 0.1) is 11.3 Å². The fourth-order valence-electron chi connectivity index (χ4n) is 2.56. The molecule has 0 N–H and O–H groups in total. The third-order valence-electron chi connectivity index (χ3n) is 3.60. The van der Waals surface area contributed by atoms with Gasteiger partial charge in [0.15, 0.2) is 0 Å². The Morgan fingerprint density at radius 1 is 1.50 bits per heavy atom. The van der Waals surface area contributed by atoms with E-state index in [2.05, 4.69) is 17.9 Å². The van der Waals surface area contributed by atoms with Gasteiger partial charge in [-0.15, -0.1) is 0 Å². The SMILES string of the molecule is CCCOC1CCCN(Cc2ccc(C#N)cc2Cl)C1. The molecular weight excluding hydrogens is 272 g/mol. The average Bonchev–Trinajstić information content (AvgIpc) is 2.47. The highest BCUT2D eigenvalue weighted by Gasteiger charge is 2.20. The van der Waals surface area contributed by atoms with Crippen molar-refractivity contribution < 1.29 is 4.74 Å². The normalized spacial score (nSPS) is 19.8. The molecule has 0 aromatic heterocycles. The van der Waals surface area contributed by atoms with Crippen LogP contribution in [0.4, 0.5) is 0 Å². The quantitative estimate of drug-likeness (QED) is 0.832. The molecule has 1 atom stereocenters. The molecule has 20 heavy (non-hydrogen) atoms. The second kappa shape index (κ2) is 7.64. The summed E-state index contributed by atoms with van der Waals surface area (Å²) in [6.07, 6.45) is 3.73. The molecule has 1 aromatic rings. The highest BCUT2D eigenvalue weighted by Crippen LogP contribution is 2.22. The molecule has 1 saturated heterocycles. The van der Waals surface area contributed by atoms with Crippen molar-refractivity contribution in [3.8, 4) is 6.07 Å². The third kappa shape index (κ3) is 4.21. The molecule has 0 aliphatic carbocycles. The minimum atomic E-state index is 0.348. The molecule has 1 fully saturated rings. The van der Waals surface area contributed by atoms with Crippen molar-refractivity contribution >= 4 is 11.6 Å². The summed E-state index contributed by atoms with van der Waals surface area (Å²) in [5, 5.41) is 9.54. The Morgan fingerprint density at radius 3 is 3.05 bits per heavy atom. The van der Waals surface area contributed by atoms with E-state index in [0.717, 1.165) is 44.6 Å². The van der Waals surface area contributed by atoms with E-state index >= 15 is 0 Å². The van der Waals surface area contributed by atoms with E-state index in [4.69, 9.17) is 21.6 Å². The van der Waals surface area contributed by atoms with Gasteiger partial charge >= 0.3 is 0 Å². The number of benzene rings is 1. The smallest absolute Gasteiger partial charge is 0.0992 e. The first-order chi connectivity index (χ1) is 9.72. The first kappa shape index (κ1) is 15.3. The Balaban J connectivity index is 1.94. The fraction of sp³-hybridized carbons (Fsp3) is 0.562. The average molecular weight is 293 g/mol. The lowest BCUT2D eigenvalue weighted by Crippen LogP contribution is -2.39. The van der Waals surface area contributed by atoms with E-state index in [0.29, 0.717) is 16.7 Å². The molecule has 1 aromatic carbocycles. The van der Waals surface area contributed by atoms with Crippen LogP contribution in [0.5, 0.6) is 0 Å². The molecular formula is C16H21ClN2O. The van der Waals surface area contributed by atoms with Crippen LogP contribution in [-0.2, 0) is 11.3 Å². The van der Waals surface area contributed by atoms with Crippen LogP contribution in [0.25, 0.3) is 0 Å². The van der Waals surface area contributed by atoms with Gasteiger partial charge in [-0.2, -0.15) is 5.26 Å². The summed E-state index contributed by atoms with van der Waals surface area (Å²) < 4.78 is 5.85. The van der Waals surface area contributed by atoms with Crippen LogP contribution in [0.2, 0.25) is 5.02 Å². The van der Waals surface area contributed by atoms with Gasteiger partial charge < -0.3 is 4.74 Å². The van der Waals surface area contributed by atoms with E-state index in [9.17, 15) is 0 Å². The second-order valence-corrected chi connectivity index (χ2v) is 5.70. The number of halogens is 1. The van der Waals surface area contributed by atoms with E-state index < -0.39 is 0 Å². The largest absolute Gasteiger partial charge is 0.377 e. The molecule has 1 unspecified atom stereocenters. The van der Waals surface area contributed by atoms with E-state index in [-0.39, 0.29) is 0 Å². The molecule has 0 amide bonds. The Labute approximate surface area is 126 Å². The Hall–Kier alpha value is -1.08. The lowest BCUT2D eigenvalue weighted by Gasteiger charge is -2.32. The van der Waals surface area contributed by atoms with Crippen molar-refractivity contribution in [3.63, 3.8) is 0 Å². The minimum absolute atomic E-state index is 0.348. The number of likely N-dealkylation sites (tertiary alicyclic amines) is 1. The summed E-state index contributed by atoms with van der Waals surface area (Å²) >= 11 is 6.24. The highest BCUT2D eigenvalue weighted by atomic mass is 35.5. The topological polar surface area (TPSA) is 36.3 Å². The van der Waals surface area contributed by atoms with Gasteiger partial charge in [0, 0.05) is 24.7 Å². The number of ether oxygens (including phenoxy) is 1. The molecule has 1 aliphatic heterocycles. The zero-order chi connectivity index (χ0) is 14.4. The van der Waals surface area contributed by atoms with Crippen molar-refractivity contribution in [2.75, 3.05) is 19.7 Å². The molecule has 0 saturated carbocycles. The lowest BCUT2D eigenvalue weighted by atomic mass is 10.1. The highest BCUT2D eigenvalue weighted by molar-refractivity contribution is 6.31. The number of rotatable bonds is 5. The first-order valence-corrected chi connectivity index (χ1v) is 7.63. The summed E-state index contributed by atoms with van der Waals surface area (Å²) in [4.78, 5) is 2.39. The molecule has 108 valence electrons. The molecule has 1 aliphatic rings. The summed E-state index contributed by atoms with van der Waals surface area (Å²) in [6, 6.07) is 7.64. The van der Waals surface area contributed by atoms with Crippen molar-refractivity contribution in [1.82, 2.24) is 4.90 Å². The predicted octanol–water partition coefficient (Wildman–Crippen LogP) is 3.60. The van der Waals surface area contributed by atoms with Gasteiger partial charge in [0.05, 0.1) is 17.7 Å². The van der Waals surface area contributed by atoms with E-state index in [1.165, 1.54) is 6.42 Å². The zero-order valence-corrected chi connectivity index (χ0v) is 12.7. The summed E-state index contributed by atoms with van der Waals surface area (Å²) in [5.74, 6) is 0. The van der Waals surface area contributed by atoms with Gasteiger partial charge in [0.1, 0.15) is 0 Å². The van der Waals surface area contributed by atoms with Crippen LogP contribution in [0.3, 0.4) is 0 Å². The van der Waals surface area contributed by atoms with Gasteiger partial charge in [0.25, 0.3) is 0 Å². The Kier molecular flexibility index (Phi) is 5.85. The summed E-state index contributed by atoms with van der Waals surface area (Å²) in [7, 11) is 0. The molecule has 4 heteroatoms. The van der Waals surface area contributed by atoms with E-state index in [1.807, 2.05) is 12.1 Å². The maximum Gasteiger partial charge on any atom is 0.0992 e. The second-order valence-electron chi connectivity index (χ2n) is 5.29. The molecule has 3 nitrogen and oxygen atoms in total. The van der Waals surface area contributed by atoms with Crippen molar-refractivity contribution in [2.24, 2.45) is 0 Å². The van der Waals surface area contributed by atoms with Gasteiger partial charge in [0.2, 0.25) is 0 Å². The maximum absolute atomic E-state index is 8.86. The summed E-state index contributed by atoms with van der Waals surface area (Å²) in [6.45, 7) is 5.86. The lowest BCUT2D eigenvalue weighted by molar-refractivity contribution is -0.00222. The number of hydrogen-bond donors (Lipinski definition) is 0. The maximum atomic E-state index is 8.86. The summed E-state index contributed by atoms with van der Waals surface area (Å²) in [5.41, 5.74) is 1.70. The van der Waals surface area contributed by atoms with Crippen LogP contribution in [0.1, 0.15) is 37.3 Å². The predicted molar refractivity (Wildman–Crippen MR) is 80.7 cm³/mol. The van der Waals surface area contributed by atoms with E-state index in [1.54, 1.807) is 6.07 Å². The number of hydrogen-bond acceptors (Lipinski definition) is 3. The van der Waals surface area contributed by atoms with Gasteiger partial charge in [-0.3, -0.25) is 4.90 Å². The van der Waals surface area contributed by atoms with Crippen molar-refractivity contribution in [1.29, 1.82) is 5.26 Å². The van der Waals surface area contributed by atoms with Crippen LogP contribution >= 0.6 is 11.6 Å². The molecule has 0 bridgehead atoms. The Morgan fingerprint density at radius 2 is 2.35 bits per heavy atom. The monoisotopic (exact) mass is 292 g/mol. The Bertz CT molecular complexity index is 484. The number of piperidine rings is 1. The number of nitrogens with zero attached hydrogens (tertiary/aromatic N) is 2. The van der Waals surface area contributed by atoms with Gasteiger partial charge in [-0.1, -0.05) is 24.6 Å². The van der Waals surface area contributed by atoms with Crippen LogP contribution in [0.15, 0.2) is 18.2 Å². The first-order valence-electron chi connectivity index (χ1n) is 7.25. The van der Waals surface area contributed by atoms with Crippen molar-refractivity contribution in [2.45, 2.75) is 38.8 Å². The minimum Gasteiger partial charge on any atom is -0.377 e. The number of nitriles is 1. The zero-order valence-electron chi connectivity index (χ0n) is 11.9. The fourth-order valence-corrected chi connectivity index (χ4v) is 2.80. The molecule has 0 spiro atoms. The standard InChI is InChI=1S/C16H21ClN2O/c1-2-8-20-15-4-3-7-19(12-15)11-14-6-5-13(10-18)9-16(14)17/h5-6,9,15H,2-4,7-8,11-12H2,1H3. The van der Waals surface area contributed by atoms with Crippen molar-refractivity contribution in [3.05, 3.63) is 34.3 Å².